The van der Waals surface area contributed by atoms with Crippen LogP contribution in [0.25, 0.3) is 0 Å². The zero-order chi connectivity index (χ0) is 10.1. The van der Waals surface area contributed by atoms with Crippen molar-refractivity contribution >= 4 is 23.0 Å². The fourth-order valence-electron chi connectivity index (χ4n) is 1.79. The largest absolute Gasteiger partial charge is 0.383 e. The fourth-order valence-corrected chi connectivity index (χ4v) is 1.96. The molecule has 0 aromatic heterocycles. The molecule has 1 aliphatic rings. The first-order valence-corrected chi connectivity index (χ1v) is 5.32. The molecule has 1 aromatic rings. The van der Waals surface area contributed by atoms with Crippen LogP contribution in [0.4, 0.5) is 11.4 Å². The van der Waals surface area contributed by atoms with Gasteiger partial charge in [-0.25, -0.2) is 0 Å². The van der Waals surface area contributed by atoms with Gasteiger partial charge in [0.25, 0.3) is 0 Å². The van der Waals surface area contributed by atoms with Crippen molar-refractivity contribution in [1.29, 1.82) is 0 Å². The Kier molecular flexibility index (Phi) is 2.55. The summed E-state index contributed by atoms with van der Waals surface area (Å²) in [6.45, 7) is 3.26. The quantitative estimate of drug-likeness (QED) is 0.708. The molecule has 1 N–H and O–H groups in total. The van der Waals surface area contributed by atoms with E-state index in [1.807, 2.05) is 18.2 Å². The number of nitrogens with zero attached hydrogens (tertiary/aromatic N) is 1. The molecule has 0 saturated carbocycles. The molecule has 0 radical (unpaired) electrons. The highest BCUT2D eigenvalue weighted by Gasteiger charge is 2.17. The molecule has 0 fully saturated rings. The normalized spacial score (nSPS) is 21.1. The Morgan fingerprint density at radius 1 is 1.50 bits per heavy atom. The summed E-state index contributed by atoms with van der Waals surface area (Å²) in [7, 11) is 2.12. The van der Waals surface area contributed by atoms with E-state index in [0.717, 1.165) is 18.0 Å². The maximum absolute atomic E-state index is 5.99. The standard InChI is InChI=1S/C11H15ClN2/c1-8-5-6-13-10-4-3-9(12)7-11(10)14(8)2/h3-4,7-8,13H,5-6H2,1-2H3/t8-/m0/s1. The van der Waals surface area contributed by atoms with Crippen LogP contribution in [0.15, 0.2) is 18.2 Å². The van der Waals surface area contributed by atoms with Crippen LogP contribution in [-0.4, -0.2) is 19.6 Å². The molecule has 2 rings (SSSR count). The molecule has 0 spiro atoms. The molecule has 1 heterocycles. The third-order valence-corrected chi connectivity index (χ3v) is 3.11. The van der Waals surface area contributed by atoms with Crippen LogP contribution in [0, 0.1) is 0 Å². The molecule has 1 aliphatic heterocycles. The first kappa shape index (κ1) is 9.66. The van der Waals surface area contributed by atoms with Crippen molar-refractivity contribution in [3.63, 3.8) is 0 Å². The van der Waals surface area contributed by atoms with E-state index in [1.54, 1.807) is 0 Å². The summed E-state index contributed by atoms with van der Waals surface area (Å²) >= 11 is 5.99. The van der Waals surface area contributed by atoms with Gasteiger partial charge < -0.3 is 10.2 Å². The predicted molar refractivity (Wildman–Crippen MR) is 62.4 cm³/mol. The summed E-state index contributed by atoms with van der Waals surface area (Å²) in [5.74, 6) is 0. The third-order valence-electron chi connectivity index (χ3n) is 2.88. The van der Waals surface area contributed by atoms with E-state index in [1.165, 1.54) is 11.4 Å². The monoisotopic (exact) mass is 210 g/mol. The molecule has 76 valence electrons. The number of nitrogens with one attached hydrogen (secondary N) is 1. The summed E-state index contributed by atoms with van der Waals surface area (Å²) in [6, 6.07) is 6.55. The first-order chi connectivity index (χ1) is 6.68. The summed E-state index contributed by atoms with van der Waals surface area (Å²) in [5.41, 5.74) is 2.38. The molecule has 0 amide bonds. The number of rotatable bonds is 0. The van der Waals surface area contributed by atoms with Crippen LogP contribution in [0.2, 0.25) is 5.02 Å². The number of fused-ring (bicyclic) bond motifs is 1. The van der Waals surface area contributed by atoms with Crippen molar-refractivity contribution in [2.75, 3.05) is 23.8 Å². The minimum atomic E-state index is 0.558. The van der Waals surface area contributed by atoms with Gasteiger partial charge in [-0.3, -0.25) is 0 Å². The smallest absolute Gasteiger partial charge is 0.0616 e. The molecule has 14 heavy (non-hydrogen) atoms. The van der Waals surface area contributed by atoms with Gasteiger partial charge in [0, 0.05) is 24.7 Å². The van der Waals surface area contributed by atoms with E-state index in [4.69, 9.17) is 11.6 Å². The maximum Gasteiger partial charge on any atom is 0.0616 e. The summed E-state index contributed by atoms with van der Waals surface area (Å²) in [4.78, 5) is 2.28. The highest BCUT2D eigenvalue weighted by molar-refractivity contribution is 6.31. The van der Waals surface area contributed by atoms with Crippen molar-refractivity contribution < 1.29 is 0 Å². The molecule has 0 aliphatic carbocycles. The van der Waals surface area contributed by atoms with Gasteiger partial charge in [-0.2, -0.15) is 0 Å². The second-order valence-electron chi connectivity index (χ2n) is 3.84. The van der Waals surface area contributed by atoms with Crippen molar-refractivity contribution in [2.24, 2.45) is 0 Å². The molecule has 1 atom stereocenters. The average molecular weight is 211 g/mol. The lowest BCUT2D eigenvalue weighted by molar-refractivity contribution is 0.657. The van der Waals surface area contributed by atoms with E-state index in [2.05, 4.69) is 24.2 Å². The average Bonchev–Trinajstić information content (AvgIpc) is 2.30. The second-order valence-corrected chi connectivity index (χ2v) is 4.27. The number of hydrogen-bond donors (Lipinski definition) is 1. The van der Waals surface area contributed by atoms with Crippen LogP contribution >= 0.6 is 11.6 Å². The minimum Gasteiger partial charge on any atom is -0.383 e. The molecular weight excluding hydrogens is 196 g/mol. The summed E-state index contributed by atoms with van der Waals surface area (Å²) < 4.78 is 0. The van der Waals surface area contributed by atoms with E-state index >= 15 is 0 Å². The van der Waals surface area contributed by atoms with Crippen molar-refractivity contribution in [1.82, 2.24) is 0 Å². The zero-order valence-corrected chi connectivity index (χ0v) is 9.30. The lowest BCUT2D eigenvalue weighted by Gasteiger charge is -2.25. The molecule has 2 nitrogen and oxygen atoms in total. The summed E-state index contributed by atoms with van der Waals surface area (Å²) in [5, 5.41) is 4.21. The SMILES string of the molecule is C[C@H]1CCNc2ccc(Cl)cc2N1C. The highest BCUT2D eigenvalue weighted by atomic mass is 35.5. The Hall–Kier alpha value is -0.890. The van der Waals surface area contributed by atoms with Crippen LogP contribution in [0.5, 0.6) is 0 Å². The van der Waals surface area contributed by atoms with Crippen molar-refractivity contribution in [2.45, 2.75) is 19.4 Å². The van der Waals surface area contributed by atoms with Gasteiger partial charge in [-0.05, 0) is 31.5 Å². The van der Waals surface area contributed by atoms with Gasteiger partial charge in [-0.15, -0.1) is 0 Å². The van der Waals surface area contributed by atoms with Crippen molar-refractivity contribution in [3.8, 4) is 0 Å². The molecule has 0 unspecified atom stereocenters. The molecule has 0 bridgehead atoms. The zero-order valence-electron chi connectivity index (χ0n) is 8.55. The maximum atomic E-state index is 5.99. The topological polar surface area (TPSA) is 15.3 Å². The fraction of sp³-hybridized carbons (Fsp3) is 0.455. The molecular formula is C11H15ClN2. The van der Waals surface area contributed by atoms with E-state index in [0.29, 0.717) is 6.04 Å². The Labute approximate surface area is 89.9 Å². The van der Waals surface area contributed by atoms with E-state index < -0.39 is 0 Å². The van der Waals surface area contributed by atoms with Gasteiger partial charge in [0.15, 0.2) is 0 Å². The third kappa shape index (κ3) is 1.67. The summed E-state index contributed by atoms with van der Waals surface area (Å²) in [6.07, 6.45) is 1.16. The Morgan fingerprint density at radius 2 is 2.29 bits per heavy atom. The Bertz CT molecular complexity index is 338. The van der Waals surface area contributed by atoms with Crippen LogP contribution in [0.1, 0.15) is 13.3 Å². The lowest BCUT2D eigenvalue weighted by Crippen LogP contribution is -2.28. The predicted octanol–water partition coefficient (Wildman–Crippen LogP) is 2.98. The van der Waals surface area contributed by atoms with Crippen LogP contribution in [-0.2, 0) is 0 Å². The van der Waals surface area contributed by atoms with Gasteiger partial charge in [-0.1, -0.05) is 11.6 Å². The number of anilines is 2. The number of halogens is 1. The van der Waals surface area contributed by atoms with Crippen molar-refractivity contribution in [3.05, 3.63) is 23.2 Å². The second kappa shape index (κ2) is 3.70. The van der Waals surface area contributed by atoms with E-state index in [9.17, 15) is 0 Å². The van der Waals surface area contributed by atoms with Gasteiger partial charge >= 0.3 is 0 Å². The van der Waals surface area contributed by atoms with Gasteiger partial charge in [0.05, 0.1) is 11.4 Å². The van der Waals surface area contributed by atoms with Crippen LogP contribution in [0.3, 0.4) is 0 Å². The molecule has 3 heteroatoms. The number of benzene rings is 1. The van der Waals surface area contributed by atoms with Crippen LogP contribution < -0.4 is 10.2 Å². The van der Waals surface area contributed by atoms with E-state index in [-0.39, 0.29) is 0 Å². The molecule has 0 saturated heterocycles. The lowest BCUT2D eigenvalue weighted by atomic mass is 10.2. The number of hydrogen-bond acceptors (Lipinski definition) is 2. The highest BCUT2D eigenvalue weighted by Crippen LogP contribution is 2.32. The molecule has 1 aromatic carbocycles. The Morgan fingerprint density at radius 3 is 3.07 bits per heavy atom. The minimum absolute atomic E-state index is 0.558. The Balaban J connectivity index is 2.44. The first-order valence-electron chi connectivity index (χ1n) is 4.95. The van der Waals surface area contributed by atoms with Gasteiger partial charge in [0.2, 0.25) is 0 Å². The van der Waals surface area contributed by atoms with Gasteiger partial charge in [0.1, 0.15) is 0 Å².